The standard InChI is InChI=1S/C20H33NO3Si2/c1-19(2,3)25(7,8)21-16-13-14(24-26(9,10)20(4,5)6)11-12-15(16)17(22)18(21)23/h11-13H,1-10H3. The van der Waals surface area contributed by atoms with Gasteiger partial charge in [-0.3, -0.25) is 9.59 Å². The van der Waals surface area contributed by atoms with Gasteiger partial charge in [-0.05, 0) is 35.3 Å². The van der Waals surface area contributed by atoms with Crippen LogP contribution < -0.4 is 8.99 Å². The monoisotopic (exact) mass is 391 g/mol. The Kier molecular flexibility index (Phi) is 4.87. The van der Waals surface area contributed by atoms with Gasteiger partial charge in [0, 0.05) is 6.07 Å². The molecule has 1 aliphatic heterocycles. The van der Waals surface area contributed by atoms with Crippen LogP contribution in [0, 0.1) is 0 Å². The van der Waals surface area contributed by atoms with Crippen LogP contribution in [0.2, 0.25) is 36.3 Å². The first-order chi connectivity index (χ1) is 11.5. The third-order valence-electron chi connectivity index (χ3n) is 6.43. The lowest BCUT2D eigenvalue weighted by molar-refractivity contribution is -0.113. The van der Waals surface area contributed by atoms with Crippen molar-refractivity contribution in [1.29, 1.82) is 0 Å². The van der Waals surface area contributed by atoms with E-state index in [2.05, 4.69) is 67.7 Å². The molecule has 0 spiro atoms. The molecule has 1 heterocycles. The zero-order chi connectivity index (χ0) is 20.3. The van der Waals surface area contributed by atoms with Crippen LogP contribution in [0.5, 0.6) is 5.75 Å². The normalized spacial score (nSPS) is 16.2. The topological polar surface area (TPSA) is 46.6 Å². The molecule has 144 valence electrons. The molecule has 0 fully saturated rings. The molecule has 0 saturated heterocycles. The Morgan fingerprint density at radius 1 is 0.885 bits per heavy atom. The van der Waals surface area contributed by atoms with Crippen LogP contribution in [-0.4, -0.2) is 28.2 Å². The predicted octanol–water partition coefficient (Wildman–Crippen LogP) is 5.61. The molecule has 0 aromatic heterocycles. The molecule has 4 nitrogen and oxygen atoms in total. The molecule has 0 bridgehead atoms. The van der Waals surface area contributed by atoms with E-state index in [1.807, 2.05) is 12.1 Å². The van der Waals surface area contributed by atoms with E-state index >= 15 is 0 Å². The summed E-state index contributed by atoms with van der Waals surface area (Å²) in [6.45, 7) is 21.7. The maximum atomic E-state index is 12.8. The van der Waals surface area contributed by atoms with Crippen LogP contribution in [0.25, 0.3) is 0 Å². The van der Waals surface area contributed by atoms with Crippen LogP contribution >= 0.6 is 0 Å². The fourth-order valence-corrected chi connectivity index (χ4v) is 5.71. The second kappa shape index (κ2) is 6.06. The fourth-order valence-electron chi connectivity index (χ4n) is 2.62. The van der Waals surface area contributed by atoms with Gasteiger partial charge in [0.15, 0.2) is 8.24 Å². The number of Topliss-reactive ketones (excluding diaryl/α,β-unsaturated/α-hetero) is 1. The summed E-state index contributed by atoms with van der Waals surface area (Å²) in [6, 6.07) is 5.49. The van der Waals surface area contributed by atoms with Gasteiger partial charge in [0.1, 0.15) is 5.75 Å². The summed E-state index contributed by atoms with van der Waals surface area (Å²) in [7, 11) is -4.22. The summed E-state index contributed by atoms with van der Waals surface area (Å²) in [5, 5.41) is 0.0254. The summed E-state index contributed by atoms with van der Waals surface area (Å²) in [5.74, 6) is -0.0404. The van der Waals surface area contributed by atoms with E-state index in [-0.39, 0.29) is 10.1 Å². The highest BCUT2D eigenvalue weighted by Crippen LogP contribution is 2.46. The number of fused-ring (bicyclic) bond motifs is 1. The van der Waals surface area contributed by atoms with Gasteiger partial charge < -0.3 is 8.99 Å². The van der Waals surface area contributed by atoms with Gasteiger partial charge in [0.2, 0.25) is 8.32 Å². The number of ketones is 1. The Hall–Kier alpha value is -1.41. The number of rotatable bonds is 3. The average molecular weight is 392 g/mol. The van der Waals surface area contributed by atoms with Crippen LogP contribution in [0.3, 0.4) is 0 Å². The molecule has 1 aliphatic rings. The lowest BCUT2D eigenvalue weighted by Crippen LogP contribution is -2.57. The van der Waals surface area contributed by atoms with Crippen molar-refractivity contribution in [1.82, 2.24) is 0 Å². The van der Waals surface area contributed by atoms with Gasteiger partial charge in [-0.25, -0.2) is 0 Å². The van der Waals surface area contributed by atoms with Gasteiger partial charge in [-0.2, -0.15) is 0 Å². The zero-order valence-electron chi connectivity index (χ0n) is 17.9. The Labute approximate surface area is 160 Å². The van der Waals surface area contributed by atoms with Crippen molar-refractivity contribution in [3.05, 3.63) is 23.8 Å². The van der Waals surface area contributed by atoms with Gasteiger partial charge in [0.25, 0.3) is 11.7 Å². The van der Waals surface area contributed by atoms with Crippen molar-refractivity contribution in [2.45, 2.75) is 77.8 Å². The lowest BCUT2D eigenvalue weighted by atomic mass is 10.1. The van der Waals surface area contributed by atoms with E-state index in [0.717, 1.165) is 11.4 Å². The molecule has 0 atom stereocenters. The number of benzene rings is 1. The van der Waals surface area contributed by atoms with Crippen LogP contribution in [0.1, 0.15) is 51.9 Å². The molecule has 1 amide bonds. The van der Waals surface area contributed by atoms with Crippen molar-refractivity contribution in [3.63, 3.8) is 0 Å². The Morgan fingerprint density at radius 3 is 1.88 bits per heavy atom. The van der Waals surface area contributed by atoms with Crippen molar-refractivity contribution in [2.75, 3.05) is 4.57 Å². The zero-order valence-corrected chi connectivity index (χ0v) is 19.9. The van der Waals surface area contributed by atoms with E-state index in [9.17, 15) is 9.59 Å². The quantitative estimate of drug-likeness (QED) is 0.497. The van der Waals surface area contributed by atoms with E-state index in [1.54, 1.807) is 10.6 Å². The number of hydrogen-bond donors (Lipinski definition) is 0. The van der Waals surface area contributed by atoms with Gasteiger partial charge >= 0.3 is 0 Å². The van der Waals surface area contributed by atoms with Crippen molar-refractivity contribution in [3.8, 4) is 5.75 Å². The highest BCUT2D eigenvalue weighted by atomic mass is 28.4. The Balaban J connectivity index is 2.54. The molecule has 1 aromatic carbocycles. The summed E-state index contributed by atoms with van der Waals surface area (Å²) >= 11 is 0. The van der Waals surface area contributed by atoms with Crippen LogP contribution in [0.15, 0.2) is 18.2 Å². The number of anilines is 1. The first kappa shape index (κ1) is 20.9. The number of carbonyl (C=O) groups is 2. The molecule has 0 N–H and O–H groups in total. The average Bonchev–Trinajstić information content (AvgIpc) is 2.67. The SMILES string of the molecule is CC(C)(C)[Si](C)(C)Oc1ccc2c(c1)N([Si](C)(C)C(C)(C)C)C(=O)C2=O. The minimum atomic E-state index is -2.23. The highest BCUT2D eigenvalue weighted by molar-refractivity contribution is 6.90. The van der Waals surface area contributed by atoms with E-state index < -0.39 is 28.2 Å². The molecule has 0 radical (unpaired) electrons. The maximum Gasteiger partial charge on any atom is 0.291 e. The van der Waals surface area contributed by atoms with Gasteiger partial charge in [-0.1, -0.05) is 54.6 Å². The number of carbonyl (C=O) groups excluding carboxylic acids is 2. The summed E-state index contributed by atoms with van der Waals surface area (Å²) in [6.07, 6.45) is 0. The summed E-state index contributed by atoms with van der Waals surface area (Å²) in [4.78, 5) is 25.3. The van der Waals surface area contributed by atoms with Gasteiger partial charge in [-0.15, -0.1) is 0 Å². The Morgan fingerprint density at radius 2 is 1.42 bits per heavy atom. The lowest BCUT2D eigenvalue weighted by Gasteiger charge is -2.43. The molecule has 1 aromatic rings. The predicted molar refractivity (Wildman–Crippen MR) is 113 cm³/mol. The first-order valence-corrected chi connectivity index (χ1v) is 15.1. The summed E-state index contributed by atoms with van der Waals surface area (Å²) in [5.41, 5.74) is 1.23. The van der Waals surface area contributed by atoms with E-state index in [4.69, 9.17) is 4.43 Å². The smallest absolute Gasteiger partial charge is 0.291 e. The van der Waals surface area contributed by atoms with Crippen molar-refractivity contribution < 1.29 is 14.0 Å². The number of nitrogens with zero attached hydrogens (tertiary/aromatic N) is 1. The molecule has 0 saturated carbocycles. The fraction of sp³-hybridized carbons (Fsp3) is 0.600. The van der Waals surface area contributed by atoms with Crippen molar-refractivity contribution in [2.24, 2.45) is 0 Å². The first-order valence-electron chi connectivity index (χ1n) is 9.23. The minimum Gasteiger partial charge on any atom is -0.543 e. The number of amides is 1. The van der Waals surface area contributed by atoms with Gasteiger partial charge in [0.05, 0.1) is 11.3 Å². The van der Waals surface area contributed by atoms with Crippen molar-refractivity contribution >= 4 is 33.9 Å². The molecule has 6 heteroatoms. The molecule has 26 heavy (non-hydrogen) atoms. The minimum absolute atomic E-state index is 0.0547. The van der Waals surface area contributed by atoms with Crippen LogP contribution in [-0.2, 0) is 4.79 Å². The Bertz CT molecular complexity index is 755. The van der Waals surface area contributed by atoms with E-state index in [0.29, 0.717) is 5.56 Å². The third-order valence-corrected chi connectivity index (χ3v) is 16.0. The molecular formula is C20H33NO3Si2. The molecule has 0 unspecified atom stereocenters. The molecule has 2 rings (SSSR count). The van der Waals surface area contributed by atoms with Crippen LogP contribution in [0.4, 0.5) is 5.69 Å². The second-order valence-electron chi connectivity index (χ2n) is 10.3. The number of hydrogen-bond acceptors (Lipinski definition) is 3. The third kappa shape index (κ3) is 3.29. The molecule has 0 aliphatic carbocycles. The highest BCUT2D eigenvalue weighted by Gasteiger charge is 2.50. The summed E-state index contributed by atoms with van der Waals surface area (Å²) < 4.78 is 8.21. The maximum absolute atomic E-state index is 12.8. The molecular weight excluding hydrogens is 358 g/mol. The second-order valence-corrected chi connectivity index (χ2v) is 20.1. The van der Waals surface area contributed by atoms with E-state index in [1.165, 1.54) is 0 Å². The largest absolute Gasteiger partial charge is 0.543 e.